The Morgan fingerprint density at radius 3 is 2.69 bits per heavy atom. The third kappa shape index (κ3) is 2.19. The van der Waals surface area contributed by atoms with Gasteiger partial charge in [0.25, 0.3) is 0 Å². The van der Waals surface area contributed by atoms with Crippen molar-refractivity contribution in [3.05, 3.63) is 60.4 Å². The molecule has 1 unspecified atom stereocenters. The lowest BCUT2D eigenvalue weighted by Crippen LogP contribution is -2.42. The van der Waals surface area contributed by atoms with Crippen molar-refractivity contribution in [3.63, 3.8) is 0 Å². The number of para-hydroxylation sites is 2. The molecule has 8 heteroatoms. The topological polar surface area (TPSA) is 110 Å². The molecule has 8 nitrogen and oxygen atoms in total. The summed E-state index contributed by atoms with van der Waals surface area (Å²) in [6, 6.07) is 14.7. The Kier molecular flexibility index (Phi) is 3.72. The van der Waals surface area contributed by atoms with Crippen LogP contribution in [0.2, 0.25) is 0 Å². The number of rotatable bonds is 5. The number of benzene rings is 2. The van der Waals surface area contributed by atoms with Gasteiger partial charge in [0.05, 0.1) is 17.4 Å². The average molecular weight is 348 g/mol. The molecule has 2 heterocycles. The van der Waals surface area contributed by atoms with E-state index in [1.165, 1.54) is 0 Å². The summed E-state index contributed by atoms with van der Waals surface area (Å²) in [5.41, 5.74) is 1.33. The third-order valence-electron chi connectivity index (χ3n) is 4.69. The van der Waals surface area contributed by atoms with Gasteiger partial charge in [0.15, 0.2) is 5.54 Å². The molecule has 0 saturated carbocycles. The van der Waals surface area contributed by atoms with Crippen LogP contribution in [0.25, 0.3) is 22.4 Å². The third-order valence-corrected chi connectivity index (χ3v) is 4.69. The number of aromatic nitrogens is 6. The summed E-state index contributed by atoms with van der Waals surface area (Å²) in [5.74, 6) is -0.622. The van der Waals surface area contributed by atoms with E-state index >= 15 is 0 Å². The highest BCUT2D eigenvalue weighted by atomic mass is 16.4. The van der Waals surface area contributed by atoms with Gasteiger partial charge < -0.3 is 9.67 Å². The molecule has 130 valence electrons. The van der Waals surface area contributed by atoms with Crippen molar-refractivity contribution in [2.75, 3.05) is 0 Å². The second-order valence-corrected chi connectivity index (χ2v) is 5.90. The minimum Gasteiger partial charge on any atom is -0.479 e. The number of hydrogen-bond acceptors (Lipinski definition) is 5. The van der Waals surface area contributed by atoms with Gasteiger partial charge in [-0.1, -0.05) is 43.3 Å². The van der Waals surface area contributed by atoms with Crippen LogP contribution in [0.15, 0.2) is 54.9 Å². The maximum absolute atomic E-state index is 12.6. The molecule has 0 saturated heterocycles. The molecular formula is C18H16N6O2. The van der Waals surface area contributed by atoms with E-state index in [9.17, 15) is 9.90 Å². The van der Waals surface area contributed by atoms with Crippen molar-refractivity contribution >= 4 is 17.0 Å². The van der Waals surface area contributed by atoms with Crippen LogP contribution in [0.3, 0.4) is 0 Å². The van der Waals surface area contributed by atoms with Gasteiger partial charge in [-0.25, -0.2) is 9.78 Å². The van der Waals surface area contributed by atoms with E-state index in [1.54, 1.807) is 23.0 Å². The molecule has 0 spiro atoms. The number of imidazole rings is 1. The number of fused-ring (bicyclic) bond motifs is 1. The van der Waals surface area contributed by atoms with Gasteiger partial charge in [-0.15, -0.1) is 10.2 Å². The number of nitrogens with zero attached hydrogens (tertiary/aromatic N) is 5. The SMILES string of the molecule is CCC(C(=O)O)(c1ccccc1-c1nn[nH]n1)n1cnc2ccccc21. The van der Waals surface area contributed by atoms with Gasteiger partial charge in [0, 0.05) is 11.1 Å². The fraction of sp³-hybridized carbons (Fsp3) is 0.167. The summed E-state index contributed by atoms with van der Waals surface area (Å²) < 4.78 is 1.71. The van der Waals surface area contributed by atoms with Crippen LogP contribution in [-0.4, -0.2) is 41.3 Å². The minimum absolute atomic E-state index is 0.317. The first-order valence-electron chi connectivity index (χ1n) is 8.17. The number of tetrazole rings is 1. The van der Waals surface area contributed by atoms with E-state index in [4.69, 9.17) is 0 Å². The number of nitrogens with one attached hydrogen (secondary N) is 1. The molecule has 2 N–H and O–H groups in total. The summed E-state index contributed by atoms with van der Waals surface area (Å²) in [5, 5.41) is 24.4. The molecule has 0 bridgehead atoms. The number of aliphatic carboxylic acids is 1. The van der Waals surface area contributed by atoms with Crippen LogP contribution in [0, 0.1) is 0 Å². The zero-order valence-electron chi connectivity index (χ0n) is 14.0. The predicted octanol–water partition coefficient (Wildman–Crippen LogP) is 2.45. The van der Waals surface area contributed by atoms with Crippen molar-refractivity contribution in [1.82, 2.24) is 30.2 Å². The number of carboxylic acids is 1. The lowest BCUT2D eigenvalue weighted by atomic mass is 9.83. The van der Waals surface area contributed by atoms with Crippen molar-refractivity contribution in [2.45, 2.75) is 18.9 Å². The standard InChI is InChI=1S/C18H16N6O2/c1-2-18(17(25)26,24-11-19-14-9-5-6-10-15(14)24)13-8-4-3-7-12(13)16-20-22-23-21-16/h3-11H,2H2,1H3,(H,25,26)(H,20,21,22,23). The zero-order chi connectivity index (χ0) is 18.1. The Labute approximate surface area is 148 Å². The molecule has 0 aliphatic carbocycles. The van der Waals surface area contributed by atoms with Crippen LogP contribution in [-0.2, 0) is 10.3 Å². The molecule has 4 aromatic rings. The Morgan fingerprint density at radius 2 is 1.96 bits per heavy atom. The monoisotopic (exact) mass is 348 g/mol. The first-order chi connectivity index (χ1) is 12.7. The van der Waals surface area contributed by atoms with E-state index in [0.29, 0.717) is 23.4 Å². The van der Waals surface area contributed by atoms with E-state index in [2.05, 4.69) is 25.6 Å². The zero-order valence-corrected chi connectivity index (χ0v) is 14.0. The van der Waals surface area contributed by atoms with Crippen LogP contribution in [0.5, 0.6) is 0 Å². The summed E-state index contributed by atoms with van der Waals surface area (Å²) in [6.45, 7) is 1.84. The second kappa shape index (κ2) is 6.07. The van der Waals surface area contributed by atoms with Crippen LogP contribution >= 0.6 is 0 Å². The number of hydrogen-bond donors (Lipinski definition) is 2. The maximum Gasteiger partial charge on any atom is 0.334 e. The molecule has 4 rings (SSSR count). The molecular weight excluding hydrogens is 332 g/mol. The largest absolute Gasteiger partial charge is 0.479 e. The Bertz CT molecular complexity index is 1070. The van der Waals surface area contributed by atoms with Gasteiger partial charge in [-0.05, 0) is 23.8 Å². The molecule has 0 aliphatic rings. The predicted molar refractivity (Wildman–Crippen MR) is 94.3 cm³/mol. The number of aromatic amines is 1. The second-order valence-electron chi connectivity index (χ2n) is 5.90. The fourth-order valence-electron chi connectivity index (χ4n) is 3.44. The van der Waals surface area contributed by atoms with Crippen molar-refractivity contribution in [2.24, 2.45) is 0 Å². The lowest BCUT2D eigenvalue weighted by molar-refractivity contribution is -0.145. The highest BCUT2D eigenvalue weighted by Crippen LogP contribution is 2.38. The lowest BCUT2D eigenvalue weighted by Gasteiger charge is -2.32. The Balaban J connectivity index is 2.06. The molecule has 2 aromatic heterocycles. The molecule has 2 aromatic carbocycles. The number of H-pyrrole nitrogens is 1. The first-order valence-corrected chi connectivity index (χ1v) is 8.17. The summed E-state index contributed by atoms with van der Waals surface area (Å²) >= 11 is 0. The molecule has 26 heavy (non-hydrogen) atoms. The quantitative estimate of drug-likeness (QED) is 0.573. The highest BCUT2D eigenvalue weighted by molar-refractivity contribution is 5.88. The fourth-order valence-corrected chi connectivity index (χ4v) is 3.44. The average Bonchev–Trinajstić information content (AvgIpc) is 3.33. The molecule has 0 aliphatic heterocycles. The van der Waals surface area contributed by atoms with Gasteiger partial charge in [-0.3, -0.25) is 0 Å². The van der Waals surface area contributed by atoms with Gasteiger partial charge in [0.1, 0.15) is 0 Å². The summed E-state index contributed by atoms with van der Waals surface area (Å²) in [4.78, 5) is 17.0. The smallest absolute Gasteiger partial charge is 0.334 e. The Hall–Kier alpha value is -3.55. The normalized spacial score (nSPS) is 13.6. The highest BCUT2D eigenvalue weighted by Gasteiger charge is 2.43. The molecule has 0 amide bonds. The van der Waals surface area contributed by atoms with E-state index in [0.717, 1.165) is 11.0 Å². The van der Waals surface area contributed by atoms with E-state index in [-0.39, 0.29) is 0 Å². The minimum atomic E-state index is -1.35. The number of carboxylic acid groups (broad SMARTS) is 1. The van der Waals surface area contributed by atoms with Gasteiger partial charge in [-0.2, -0.15) is 5.21 Å². The molecule has 1 atom stereocenters. The van der Waals surface area contributed by atoms with Crippen LogP contribution in [0.1, 0.15) is 18.9 Å². The van der Waals surface area contributed by atoms with Crippen LogP contribution < -0.4 is 0 Å². The number of carbonyl (C=O) groups is 1. The summed E-state index contributed by atoms with van der Waals surface area (Å²) in [6.07, 6.45) is 1.90. The first kappa shape index (κ1) is 15.9. The van der Waals surface area contributed by atoms with Crippen molar-refractivity contribution < 1.29 is 9.90 Å². The van der Waals surface area contributed by atoms with Crippen molar-refractivity contribution in [1.29, 1.82) is 0 Å². The van der Waals surface area contributed by atoms with Crippen LogP contribution in [0.4, 0.5) is 0 Å². The molecule has 0 fully saturated rings. The van der Waals surface area contributed by atoms with Gasteiger partial charge in [0.2, 0.25) is 5.82 Å². The van der Waals surface area contributed by atoms with E-state index in [1.807, 2.05) is 43.3 Å². The summed E-state index contributed by atoms with van der Waals surface area (Å²) in [7, 11) is 0. The van der Waals surface area contributed by atoms with E-state index < -0.39 is 11.5 Å². The van der Waals surface area contributed by atoms with Gasteiger partial charge >= 0.3 is 5.97 Å². The van der Waals surface area contributed by atoms with Crippen molar-refractivity contribution in [3.8, 4) is 11.4 Å². The Morgan fingerprint density at radius 1 is 1.19 bits per heavy atom. The maximum atomic E-state index is 12.6. The molecule has 0 radical (unpaired) electrons.